The Kier molecular flexibility index (Phi) is 2.93. The lowest BCUT2D eigenvalue weighted by atomic mass is 10.0. The van der Waals surface area contributed by atoms with Gasteiger partial charge in [0.1, 0.15) is 11.7 Å². The molecule has 6 nitrogen and oxygen atoms in total. The second-order valence-corrected chi connectivity index (χ2v) is 6.45. The normalized spacial score (nSPS) is 20.7. The Morgan fingerprint density at radius 3 is 2.82 bits per heavy atom. The van der Waals surface area contributed by atoms with E-state index in [1.807, 2.05) is 18.2 Å². The first-order chi connectivity index (χ1) is 10.6. The molecule has 0 saturated carbocycles. The summed E-state index contributed by atoms with van der Waals surface area (Å²) < 4.78 is 1.03. The van der Waals surface area contributed by atoms with Crippen LogP contribution in [0.3, 0.4) is 0 Å². The predicted molar refractivity (Wildman–Crippen MR) is 87.4 cm³/mol. The van der Waals surface area contributed by atoms with Gasteiger partial charge in [-0.15, -0.1) is 0 Å². The number of rotatable bonds is 1. The summed E-state index contributed by atoms with van der Waals surface area (Å²) in [6, 6.07) is 4.96. The summed E-state index contributed by atoms with van der Waals surface area (Å²) in [6.45, 7) is 0. The number of nitrogens with zero attached hydrogens (tertiary/aromatic N) is 2. The third-order valence-electron chi connectivity index (χ3n) is 4.05. The van der Waals surface area contributed by atoms with E-state index < -0.39 is 11.9 Å². The standard InChI is InChI=1S/C15H10IN3O3/c16-8-1-2-9-12-7(8)5-6-17-13(12)15(22)19(9)10-3-4-11(20)18-14(10)21/h1-2,5-6,10H,3-4H2,(H,18,20,21). The molecule has 0 spiro atoms. The molecule has 1 unspecified atom stereocenters. The molecular formula is C15H10IN3O3. The summed E-state index contributed by atoms with van der Waals surface area (Å²) in [5, 5.41) is 4.04. The maximum absolute atomic E-state index is 12.7. The van der Waals surface area contributed by atoms with Gasteiger partial charge >= 0.3 is 0 Å². The fraction of sp³-hybridized carbons (Fsp3) is 0.200. The number of pyridine rings is 1. The highest BCUT2D eigenvalue weighted by Gasteiger charge is 2.41. The number of hydrogen-bond donors (Lipinski definition) is 1. The number of benzene rings is 1. The molecule has 2 aromatic rings. The van der Waals surface area contributed by atoms with Crippen molar-refractivity contribution in [2.75, 3.05) is 4.90 Å². The zero-order valence-corrected chi connectivity index (χ0v) is 13.5. The van der Waals surface area contributed by atoms with Gasteiger partial charge in [0, 0.05) is 27.0 Å². The van der Waals surface area contributed by atoms with Crippen LogP contribution >= 0.6 is 22.6 Å². The lowest BCUT2D eigenvalue weighted by Crippen LogP contribution is -2.53. The van der Waals surface area contributed by atoms with Crippen LogP contribution in [-0.2, 0) is 9.59 Å². The van der Waals surface area contributed by atoms with E-state index in [4.69, 9.17) is 0 Å². The summed E-state index contributed by atoms with van der Waals surface area (Å²) in [5.41, 5.74) is 1.06. The molecule has 1 fully saturated rings. The summed E-state index contributed by atoms with van der Waals surface area (Å²) in [4.78, 5) is 41.8. The highest BCUT2D eigenvalue weighted by Crippen LogP contribution is 2.40. The van der Waals surface area contributed by atoms with Crippen molar-refractivity contribution in [2.24, 2.45) is 0 Å². The number of aromatic nitrogens is 1. The molecule has 0 radical (unpaired) electrons. The van der Waals surface area contributed by atoms with Crippen molar-refractivity contribution in [3.05, 3.63) is 33.7 Å². The van der Waals surface area contributed by atoms with Gasteiger partial charge in [0.2, 0.25) is 11.8 Å². The Bertz CT molecular complexity index is 864. The molecule has 4 rings (SSSR count). The quantitative estimate of drug-likeness (QED) is 0.576. The lowest BCUT2D eigenvalue weighted by molar-refractivity contribution is -0.134. The Labute approximate surface area is 139 Å². The average molecular weight is 407 g/mol. The van der Waals surface area contributed by atoms with Crippen molar-refractivity contribution in [3.63, 3.8) is 0 Å². The molecule has 1 N–H and O–H groups in total. The van der Waals surface area contributed by atoms with Gasteiger partial charge in [-0.1, -0.05) is 0 Å². The van der Waals surface area contributed by atoms with Crippen LogP contribution in [0.5, 0.6) is 0 Å². The summed E-state index contributed by atoms with van der Waals surface area (Å²) in [6.07, 6.45) is 2.17. The topological polar surface area (TPSA) is 79.4 Å². The van der Waals surface area contributed by atoms with Gasteiger partial charge in [0.05, 0.1) is 5.69 Å². The van der Waals surface area contributed by atoms with Crippen LogP contribution in [-0.4, -0.2) is 28.7 Å². The number of imide groups is 1. The van der Waals surface area contributed by atoms with Gasteiger partial charge in [-0.05, 0) is 47.2 Å². The van der Waals surface area contributed by atoms with Crippen LogP contribution in [0.25, 0.3) is 10.8 Å². The molecule has 0 aliphatic carbocycles. The molecule has 110 valence electrons. The largest absolute Gasteiger partial charge is 0.295 e. The third kappa shape index (κ3) is 1.78. The van der Waals surface area contributed by atoms with Crippen LogP contribution in [0.1, 0.15) is 23.3 Å². The maximum atomic E-state index is 12.7. The minimum Gasteiger partial charge on any atom is -0.295 e. The van der Waals surface area contributed by atoms with E-state index in [9.17, 15) is 14.4 Å². The number of amides is 3. The SMILES string of the molecule is O=C1CCC(N2C(=O)c3nccc4c(I)ccc2c34)C(=O)N1. The Morgan fingerprint density at radius 2 is 2.05 bits per heavy atom. The number of carbonyl (C=O) groups excluding carboxylic acids is 3. The zero-order valence-electron chi connectivity index (χ0n) is 11.3. The van der Waals surface area contributed by atoms with Crippen molar-refractivity contribution in [3.8, 4) is 0 Å². The molecule has 2 aliphatic rings. The van der Waals surface area contributed by atoms with Crippen LogP contribution in [0.15, 0.2) is 24.4 Å². The Morgan fingerprint density at radius 1 is 1.23 bits per heavy atom. The van der Waals surface area contributed by atoms with E-state index in [0.717, 1.165) is 14.3 Å². The van der Waals surface area contributed by atoms with Crippen molar-refractivity contribution in [2.45, 2.75) is 18.9 Å². The molecule has 0 bridgehead atoms. The van der Waals surface area contributed by atoms with E-state index in [1.165, 1.54) is 4.90 Å². The first-order valence-electron chi connectivity index (χ1n) is 6.82. The van der Waals surface area contributed by atoms with E-state index in [-0.39, 0.29) is 18.2 Å². The highest BCUT2D eigenvalue weighted by atomic mass is 127. The number of piperidine rings is 1. The van der Waals surface area contributed by atoms with Crippen molar-refractivity contribution >= 4 is 56.8 Å². The van der Waals surface area contributed by atoms with Crippen LogP contribution in [0.4, 0.5) is 5.69 Å². The smallest absolute Gasteiger partial charge is 0.278 e. The number of anilines is 1. The number of nitrogens with one attached hydrogen (secondary N) is 1. The molecule has 7 heteroatoms. The number of carbonyl (C=O) groups is 3. The monoisotopic (exact) mass is 407 g/mol. The molecule has 3 amide bonds. The first-order valence-corrected chi connectivity index (χ1v) is 7.90. The van der Waals surface area contributed by atoms with Gasteiger partial charge in [0.15, 0.2) is 0 Å². The Hall–Kier alpha value is -2.03. The fourth-order valence-corrected chi connectivity index (χ4v) is 3.70. The number of hydrogen-bond acceptors (Lipinski definition) is 4. The summed E-state index contributed by atoms with van der Waals surface area (Å²) in [7, 11) is 0. The van der Waals surface area contributed by atoms with Gasteiger partial charge in [-0.3, -0.25) is 29.6 Å². The van der Waals surface area contributed by atoms with Gasteiger partial charge < -0.3 is 0 Å². The molecule has 3 heterocycles. The predicted octanol–water partition coefficient (Wildman–Crippen LogP) is 1.60. The van der Waals surface area contributed by atoms with E-state index in [2.05, 4.69) is 32.9 Å². The molecule has 1 saturated heterocycles. The number of halogens is 1. The van der Waals surface area contributed by atoms with Gasteiger partial charge in [-0.2, -0.15) is 0 Å². The lowest BCUT2D eigenvalue weighted by Gasteiger charge is -2.30. The highest BCUT2D eigenvalue weighted by molar-refractivity contribution is 14.1. The zero-order chi connectivity index (χ0) is 15.4. The van der Waals surface area contributed by atoms with Gasteiger partial charge in [0.25, 0.3) is 5.91 Å². The average Bonchev–Trinajstić information content (AvgIpc) is 2.78. The third-order valence-corrected chi connectivity index (χ3v) is 5.00. The Balaban J connectivity index is 1.89. The van der Waals surface area contributed by atoms with E-state index in [0.29, 0.717) is 17.8 Å². The second kappa shape index (κ2) is 4.73. The molecule has 1 atom stereocenters. The molecule has 22 heavy (non-hydrogen) atoms. The molecule has 1 aromatic carbocycles. The molecule has 2 aliphatic heterocycles. The van der Waals surface area contributed by atoms with Crippen molar-refractivity contribution in [1.82, 2.24) is 10.3 Å². The van der Waals surface area contributed by atoms with Crippen LogP contribution in [0, 0.1) is 3.57 Å². The summed E-state index contributed by atoms with van der Waals surface area (Å²) in [5.74, 6) is -1.00. The van der Waals surface area contributed by atoms with Gasteiger partial charge in [-0.25, -0.2) is 0 Å². The van der Waals surface area contributed by atoms with Crippen molar-refractivity contribution < 1.29 is 14.4 Å². The first kappa shape index (κ1) is 13.6. The van der Waals surface area contributed by atoms with E-state index in [1.54, 1.807) is 6.20 Å². The molecular weight excluding hydrogens is 397 g/mol. The maximum Gasteiger partial charge on any atom is 0.278 e. The fourth-order valence-electron chi connectivity index (χ4n) is 3.07. The summed E-state index contributed by atoms with van der Waals surface area (Å²) >= 11 is 2.21. The minimum absolute atomic E-state index is 0.234. The second-order valence-electron chi connectivity index (χ2n) is 5.29. The molecule has 1 aromatic heterocycles. The van der Waals surface area contributed by atoms with E-state index >= 15 is 0 Å². The minimum atomic E-state index is -0.664. The van der Waals surface area contributed by atoms with Crippen LogP contribution in [0.2, 0.25) is 0 Å². The van der Waals surface area contributed by atoms with Crippen LogP contribution < -0.4 is 10.2 Å². The van der Waals surface area contributed by atoms with Crippen molar-refractivity contribution in [1.29, 1.82) is 0 Å².